The van der Waals surface area contributed by atoms with E-state index in [1.54, 1.807) is 60.7 Å². The molecule has 0 aliphatic carbocycles. The van der Waals surface area contributed by atoms with Gasteiger partial charge in [-0.05, 0) is 82.1 Å². The van der Waals surface area contributed by atoms with Gasteiger partial charge >= 0.3 is 0 Å². The van der Waals surface area contributed by atoms with Crippen LogP contribution in [0.15, 0.2) is 77.7 Å². The van der Waals surface area contributed by atoms with Crippen LogP contribution < -0.4 is 14.4 Å². The fourth-order valence-corrected chi connectivity index (χ4v) is 5.96. The number of ether oxygens (including phenoxy) is 1. The summed E-state index contributed by atoms with van der Waals surface area (Å²) < 4.78 is 34.5. The Balaban J connectivity index is 2.07. The van der Waals surface area contributed by atoms with Gasteiger partial charge in [0.1, 0.15) is 18.3 Å². The summed E-state index contributed by atoms with van der Waals surface area (Å²) in [5, 5.41) is 3.33. The predicted octanol–water partition coefficient (Wildman–Crippen LogP) is 5.57. The molecule has 0 saturated heterocycles. The van der Waals surface area contributed by atoms with Crippen molar-refractivity contribution in [1.29, 1.82) is 0 Å². The molecule has 0 fully saturated rings. The summed E-state index contributed by atoms with van der Waals surface area (Å²) in [6.45, 7) is 9.17. The van der Waals surface area contributed by atoms with Crippen LogP contribution in [0, 0.1) is 6.92 Å². The molecular weight excluding hydrogens is 562 g/mol. The van der Waals surface area contributed by atoms with E-state index in [9.17, 15) is 18.0 Å². The van der Waals surface area contributed by atoms with Crippen molar-refractivity contribution in [2.75, 3.05) is 17.5 Å². The Hall–Kier alpha value is -3.56. The number of carbonyl (C=O) groups excluding carboxylic acids is 2. The lowest BCUT2D eigenvalue weighted by molar-refractivity contribution is -0.140. The zero-order valence-corrected chi connectivity index (χ0v) is 25.7. The van der Waals surface area contributed by atoms with Crippen molar-refractivity contribution >= 4 is 39.1 Å². The number of carbonyl (C=O) groups is 2. The van der Waals surface area contributed by atoms with Crippen molar-refractivity contribution in [2.45, 2.75) is 64.6 Å². The summed E-state index contributed by atoms with van der Waals surface area (Å²) in [7, 11) is -4.16. The molecule has 41 heavy (non-hydrogen) atoms. The number of anilines is 1. The number of amides is 2. The highest BCUT2D eigenvalue weighted by molar-refractivity contribution is 7.92. The van der Waals surface area contributed by atoms with Gasteiger partial charge in [-0.15, -0.1) is 0 Å². The second-order valence-corrected chi connectivity index (χ2v) is 12.2. The van der Waals surface area contributed by atoms with E-state index < -0.39 is 28.5 Å². The Morgan fingerprint density at radius 2 is 1.59 bits per heavy atom. The minimum absolute atomic E-state index is 0.0320. The number of aryl methyl sites for hydroxylation is 1. The van der Waals surface area contributed by atoms with Gasteiger partial charge in [-0.2, -0.15) is 0 Å². The quantitative estimate of drug-likeness (QED) is 0.277. The van der Waals surface area contributed by atoms with E-state index >= 15 is 0 Å². The standard InChI is InChI=1S/C31H38ClN3O5S/c1-6-29(31(37)33-22(3)4)34(20-24-10-8-9-11-28(24)32)30(36)21-35(25-14-16-26(17-15-25)40-7-2)41(38,39)27-18-12-23(5)13-19-27/h8-19,22,29H,6-7,20-21H2,1-5H3,(H,33,37). The summed E-state index contributed by atoms with van der Waals surface area (Å²) in [5.41, 5.74) is 1.84. The molecule has 3 rings (SSSR count). The molecule has 10 heteroatoms. The van der Waals surface area contributed by atoms with Crippen LogP contribution in [0.5, 0.6) is 5.75 Å². The fraction of sp³-hybridized carbons (Fsp3) is 0.355. The summed E-state index contributed by atoms with van der Waals surface area (Å²) in [4.78, 5) is 28.8. The Labute approximate surface area is 248 Å². The number of hydrogen-bond donors (Lipinski definition) is 1. The SMILES string of the molecule is CCOc1ccc(N(CC(=O)N(Cc2ccccc2Cl)C(CC)C(=O)NC(C)C)S(=O)(=O)c2ccc(C)cc2)cc1. The zero-order chi connectivity index (χ0) is 30.2. The number of benzene rings is 3. The Bertz CT molecular complexity index is 1430. The van der Waals surface area contributed by atoms with Crippen LogP contribution in [0.4, 0.5) is 5.69 Å². The molecule has 1 atom stereocenters. The molecule has 0 aromatic heterocycles. The normalized spacial score (nSPS) is 12.1. The molecule has 8 nitrogen and oxygen atoms in total. The third-order valence-electron chi connectivity index (χ3n) is 6.44. The molecule has 1 unspecified atom stereocenters. The average Bonchev–Trinajstić information content (AvgIpc) is 2.93. The van der Waals surface area contributed by atoms with Crippen LogP contribution in [-0.4, -0.2) is 50.4 Å². The first kappa shape index (κ1) is 32.0. The predicted molar refractivity (Wildman–Crippen MR) is 163 cm³/mol. The Kier molecular flexibility index (Phi) is 11.2. The molecule has 220 valence electrons. The molecule has 0 heterocycles. The van der Waals surface area contributed by atoms with Gasteiger partial charge in [0.05, 0.1) is 17.2 Å². The lowest BCUT2D eigenvalue weighted by atomic mass is 10.1. The van der Waals surface area contributed by atoms with Crippen LogP contribution in [-0.2, 0) is 26.2 Å². The highest BCUT2D eigenvalue weighted by atomic mass is 35.5. The van der Waals surface area contributed by atoms with E-state index in [0.29, 0.717) is 35.1 Å². The van der Waals surface area contributed by atoms with Crippen molar-refractivity contribution in [3.05, 3.63) is 88.9 Å². The monoisotopic (exact) mass is 599 g/mol. The molecular formula is C31H38ClN3O5S. The van der Waals surface area contributed by atoms with Gasteiger partial charge in [0.15, 0.2) is 0 Å². The first-order valence-corrected chi connectivity index (χ1v) is 15.4. The second-order valence-electron chi connectivity index (χ2n) is 9.95. The minimum atomic E-state index is -4.16. The van der Waals surface area contributed by atoms with Crippen molar-refractivity contribution in [1.82, 2.24) is 10.2 Å². The van der Waals surface area contributed by atoms with Crippen molar-refractivity contribution < 1.29 is 22.7 Å². The Morgan fingerprint density at radius 3 is 2.15 bits per heavy atom. The molecule has 0 aliphatic rings. The molecule has 2 amide bonds. The maximum atomic E-state index is 14.1. The summed E-state index contributed by atoms with van der Waals surface area (Å²) in [6.07, 6.45) is 0.322. The summed E-state index contributed by atoms with van der Waals surface area (Å²) in [5.74, 6) is -0.288. The van der Waals surface area contributed by atoms with E-state index in [0.717, 1.165) is 9.87 Å². The molecule has 1 N–H and O–H groups in total. The smallest absolute Gasteiger partial charge is 0.264 e. The number of nitrogens with one attached hydrogen (secondary N) is 1. The van der Waals surface area contributed by atoms with Crippen molar-refractivity contribution in [2.24, 2.45) is 0 Å². The number of hydrogen-bond acceptors (Lipinski definition) is 5. The Morgan fingerprint density at radius 1 is 0.951 bits per heavy atom. The van der Waals surface area contributed by atoms with Gasteiger partial charge in [-0.25, -0.2) is 8.42 Å². The lowest BCUT2D eigenvalue weighted by Crippen LogP contribution is -2.53. The average molecular weight is 600 g/mol. The third kappa shape index (κ3) is 8.24. The van der Waals surface area contributed by atoms with E-state index in [2.05, 4.69) is 5.32 Å². The number of halogens is 1. The molecule has 0 radical (unpaired) electrons. The molecule has 3 aromatic rings. The molecule has 0 spiro atoms. The van der Waals surface area contributed by atoms with E-state index in [-0.39, 0.29) is 23.4 Å². The molecule has 0 saturated carbocycles. The van der Waals surface area contributed by atoms with Crippen LogP contribution >= 0.6 is 11.6 Å². The third-order valence-corrected chi connectivity index (χ3v) is 8.60. The highest BCUT2D eigenvalue weighted by Crippen LogP contribution is 2.27. The maximum Gasteiger partial charge on any atom is 0.264 e. The van der Waals surface area contributed by atoms with Crippen LogP contribution in [0.2, 0.25) is 5.02 Å². The largest absolute Gasteiger partial charge is 0.494 e. The van der Waals surface area contributed by atoms with Crippen LogP contribution in [0.25, 0.3) is 0 Å². The minimum Gasteiger partial charge on any atom is -0.494 e. The fourth-order valence-electron chi connectivity index (χ4n) is 4.35. The van der Waals surface area contributed by atoms with Gasteiger partial charge in [0.2, 0.25) is 11.8 Å². The zero-order valence-electron chi connectivity index (χ0n) is 24.1. The summed E-state index contributed by atoms with van der Waals surface area (Å²) >= 11 is 6.44. The molecule has 3 aromatic carbocycles. The first-order chi connectivity index (χ1) is 19.5. The topological polar surface area (TPSA) is 96.0 Å². The highest BCUT2D eigenvalue weighted by Gasteiger charge is 2.34. The number of sulfonamides is 1. The number of rotatable bonds is 13. The molecule has 0 aliphatic heterocycles. The van der Waals surface area contributed by atoms with Crippen molar-refractivity contribution in [3.8, 4) is 5.75 Å². The van der Waals surface area contributed by atoms with Gasteiger partial charge in [-0.1, -0.05) is 54.4 Å². The first-order valence-electron chi connectivity index (χ1n) is 13.6. The van der Waals surface area contributed by atoms with Crippen LogP contribution in [0.1, 0.15) is 45.2 Å². The van der Waals surface area contributed by atoms with Gasteiger partial charge < -0.3 is 15.0 Å². The van der Waals surface area contributed by atoms with Crippen LogP contribution in [0.3, 0.4) is 0 Å². The van der Waals surface area contributed by atoms with Gasteiger partial charge in [-0.3, -0.25) is 13.9 Å². The van der Waals surface area contributed by atoms with E-state index in [4.69, 9.17) is 16.3 Å². The second kappa shape index (κ2) is 14.4. The van der Waals surface area contributed by atoms with Crippen molar-refractivity contribution in [3.63, 3.8) is 0 Å². The number of nitrogens with zero attached hydrogens (tertiary/aromatic N) is 2. The summed E-state index contributed by atoms with van der Waals surface area (Å²) in [6, 6.07) is 19.1. The van der Waals surface area contributed by atoms with Gasteiger partial charge in [0, 0.05) is 17.6 Å². The lowest BCUT2D eigenvalue weighted by Gasteiger charge is -2.33. The van der Waals surface area contributed by atoms with Gasteiger partial charge in [0.25, 0.3) is 10.0 Å². The molecule has 0 bridgehead atoms. The van der Waals surface area contributed by atoms with E-state index in [1.165, 1.54) is 17.0 Å². The maximum absolute atomic E-state index is 14.1. The van der Waals surface area contributed by atoms with E-state index in [1.807, 2.05) is 34.6 Å².